The van der Waals surface area contributed by atoms with Gasteiger partial charge in [0.1, 0.15) is 12.2 Å². The number of hydrogen-bond acceptors (Lipinski definition) is 5. The molecule has 3 aromatic rings. The van der Waals surface area contributed by atoms with Gasteiger partial charge in [-0.15, -0.1) is 0 Å². The van der Waals surface area contributed by atoms with Crippen LogP contribution in [0.1, 0.15) is 31.3 Å². The first-order chi connectivity index (χ1) is 15.3. The fourth-order valence-electron chi connectivity index (χ4n) is 3.87. The molecule has 1 aromatic heterocycles. The second kappa shape index (κ2) is 7.40. The van der Waals surface area contributed by atoms with Crippen LogP contribution in [0.15, 0.2) is 53.6 Å². The molecule has 2 aromatic carbocycles. The first kappa shape index (κ1) is 20.1. The lowest BCUT2D eigenvalue weighted by molar-refractivity contribution is -0.116. The van der Waals surface area contributed by atoms with E-state index in [0.717, 1.165) is 16.6 Å². The summed E-state index contributed by atoms with van der Waals surface area (Å²) in [6, 6.07) is 14.9. The average Bonchev–Trinajstić information content (AvgIpc) is 3.32. The van der Waals surface area contributed by atoms with Gasteiger partial charge in [-0.25, -0.2) is 5.01 Å². The highest BCUT2D eigenvalue weighted by atomic mass is 16.7. The van der Waals surface area contributed by atoms with E-state index >= 15 is 0 Å². The van der Waals surface area contributed by atoms with Crippen molar-refractivity contribution in [2.24, 2.45) is 10.5 Å². The highest BCUT2D eigenvalue weighted by molar-refractivity contribution is 6.04. The Labute approximate surface area is 185 Å². The summed E-state index contributed by atoms with van der Waals surface area (Å²) >= 11 is 0. The van der Waals surface area contributed by atoms with Crippen LogP contribution in [0.5, 0.6) is 11.5 Å². The smallest absolute Gasteiger partial charge is 0.291 e. The average molecular weight is 432 g/mol. The van der Waals surface area contributed by atoms with Gasteiger partial charge in [0.05, 0.1) is 12.3 Å². The topological polar surface area (TPSA) is 85.2 Å². The lowest BCUT2D eigenvalue weighted by atomic mass is 9.90. The monoisotopic (exact) mass is 432 g/mol. The normalized spacial score (nSPS) is 15.4. The molecule has 0 aliphatic carbocycles. The summed E-state index contributed by atoms with van der Waals surface area (Å²) in [6.45, 7) is 6.60. The van der Waals surface area contributed by atoms with Crippen molar-refractivity contribution in [1.29, 1.82) is 0 Å². The summed E-state index contributed by atoms with van der Waals surface area (Å²) in [5.74, 6) is 0.559. The van der Waals surface area contributed by atoms with E-state index in [4.69, 9.17) is 9.47 Å². The van der Waals surface area contributed by atoms with Crippen molar-refractivity contribution < 1.29 is 19.1 Å². The number of hydrazone groups is 1. The Morgan fingerprint density at radius 1 is 1.09 bits per heavy atom. The van der Waals surface area contributed by atoms with E-state index in [-0.39, 0.29) is 30.6 Å². The molecule has 0 bridgehead atoms. The van der Waals surface area contributed by atoms with Crippen molar-refractivity contribution in [3.63, 3.8) is 0 Å². The highest BCUT2D eigenvalue weighted by Gasteiger charge is 2.31. The Morgan fingerprint density at radius 3 is 2.69 bits per heavy atom. The standard InChI is InChI=1S/C24H24N4O4/c1-24(2,3)21-12-27-17-7-5-4-6-15(17)10-18(27)23(30)28(26-21)13-22(29)25-16-8-9-19-20(11-16)32-14-31-19/h4-11H,12-14H2,1-3H3,(H,25,29). The molecule has 0 atom stereocenters. The van der Waals surface area contributed by atoms with Crippen molar-refractivity contribution in [3.8, 4) is 11.5 Å². The number of rotatable bonds is 3. The first-order valence-electron chi connectivity index (χ1n) is 10.5. The fraction of sp³-hybridized carbons (Fsp3) is 0.292. The van der Waals surface area contributed by atoms with E-state index in [1.54, 1.807) is 18.2 Å². The molecule has 0 saturated carbocycles. The predicted molar refractivity (Wildman–Crippen MR) is 121 cm³/mol. The van der Waals surface area contributed by atoms with Crippen LogP contribution in [0.4, 0.5) is 5.69 Å². The van der Waals surface area contributed by atoms with E-state index in [0.29, 0.717) is 29.4 Å². The zero-order valence-corrected chi connectivity index (χ0v) is 18.2. The summed E-state index contributed by atoms with van der Waals surface area (Å²) < 4.78 is 12.6. The minimum absolute atomic E-state index is 0.160. The Bertz CT molecular complexity index is 1270. The van der Waals surface area contributed by atoms with Gasteiger partial charge in [0.25, 0.3) is 5.91 Å². The molecule has 164 valence electrons. The Morgan fingerprint density at radius 2 is 1.88 bits per heavy atom. The zero-order chi connectivity index (χ0) is 22.5. The van der Waals surface area contributed by atoms with Crippen LogP contribution in [0, 0.1) is 5.41 Å². The van der Waals surface area contributed by atoms with Gasteiger partial charge >= 0.3 is 0 Å². The Balaban J connectivity index is 1.45. The van der Waals surface area contributed by atoms with E-state index in [1.807, 2.05) is 34.9 Å². The Hall–Kier alpha value is -3.81. The minimum Gasteiger partial charge on any atom is -0.454 e. The van der Waals surface area contributed by atoms with Crippen LogP contribution >= 0.6 is 0 Å². The van der Waals surface area contributed by atoms with Gasteiger partial charge in [0, 0.05) is 28.1 Å². The summed E-state index contributed by atoms with van der Waals surface area (Å²) in [4.78, 5) is 26.2. The van der Waals surface area contributed by atoms with Crippen LogP contribution in [-0.2, 0) is 11.3 Å². The lowest BCUT2D eigenvalue weighted by Gasteiger charge is -2.23. The molecule has 3 heterocycles. The maximum atomic E-state index is 13.4. The van der Waals surface area contributed by atoms with Gasteiger partial charge < -0.3 is 19.4 Å². The van der Waals surface area contributed by atoms with Gasteiger partial charge in [-0.3, -0.25) is 9.59 Å². The number of amides is 2. The molecule has 8 nitrogen and oxygen atoms in total. The van der Waals surface area contributed by atoms with Crippen LogP contribution in [0.25, 0.3) is 10.9 Å². The molecule has 0 unspecified atom stereocenters. The number of hydrogen-bond donors (Lipinski definition) is 1. The third-order valence-electron chi connectivity index (χ3n) is 5.63. The quantitative estimate of drug-likeness (QED) is 0.681. The molecular weight excluding hydrogens is 408 g/mol. The molecule has 8 heteroatoms. The second-order valence-electron chi connectivity index (χ2n) is 8.95. The molecule has 2 aliphatic heterocycles. The summed E-state index contributed by atoms with van der Waals surface area (Å²) in [7, 11) is 0. The van der Waals surface area contributed by atoms with Gasteiger partial charge in [-0.05, 0) is 24.3 Å². The first-order valence-corrected chi connectivity index (χ1v) is 10.5. The highest BCUT2D eigenvalue weighted by Crippen LogP contribution is 2.34. The fourth-order valence-corrected chi connectivity index (χ4v) is 3.87. The number of ether oxygens (including phenoxy) is 2. The number of benzene rings is 2. The van der Waals surface area contributed by atoms with E-state index in [9.17, 15) is 9.59 Å². The minimum atomic E-state index is -0.348. The van der Waals surface area contributed by atoms with Crippen molar-refractivity contribution in [3.05, 3.63) is 54.2 Å². The molecule has 0 fully saturated rings. The summed E-state index contributed by atoms with van der Waals surface area (Å²) in [5, 5.41) is 9.70. The number of aromatic nitrogens is 1. The number of para-hydroxylation sites is 1. The molecule has 1 N–H and O–H groups in total. The molecule has 5 rings (SSSR count). The molecular formula is C24H24N4O4. The maximum Gasteiger partial charge on any atom is 0.291 e. The summed E-state index contributed by atoms with van der Waals surface area (Å²) in [6.07, 6.45) is 0. The van der Waals surface area contributed by atoms with E-state index in [1.165, 1.54) is 5.01 Å². The predicted octanol–water partition coefficient (Wildman–Crippen LogP) is 3.87. The van der Waals surface area contributed by atoms with E-state index < -0.39 is 0 Å². The SMILES string of the molecule is CC(C)(C)C1=NN(CC(=O)Nc2ccc3c(c2)OCO3)C(=O)c2cc3ccccc3n2C1. The van der Waals surface area contributed by atoms with Crippen LogP contribution < -0.4 is 14.8 Å². The zero-order valence-electron chi connectivity index (χ0n) is 18.2. The Kier molecular flexibility index (Phi) is 4.65. The van der Waals surface area contributed by atoms with Gasteiger partial charge in [0.15, 0.2) is 11.5 Å². The number of nitrogens with one attached hydrogen (secondary N) is 1. The van der Waals surface area contributed by atoms with Crippen molar-refractivity contribution in [1.82, 2.24) is 9.58 Å². The van der Waals surface area contributed by atoms with Crippen LogP contribution in [0.2, 0.25) is 0 Å². The molecule has 2 aliphatic rings. The van der Waals surface area contributed by atoms with Crippen molar-refractivity contribution >= 4 is 34.1 Å². The van der Waals surface area contributed by atoms with Gasteiger partial charge in [0.2, 0.25) is 12.7 Å². The molecule has 2 amide bonds. The lowest BCUT2D eigenvalue weighted by Crippen LogP contribution is -2.35. The van der Waals surface area contributed by atoms with Crippen LogP contribution in [0.3, 0.4) is 0 Å². The number of nitrogens with zero attached hydrogens (tertiary/aromatic N) is 3. The number of carbonyl (C=O) groups is 2. The van der Waals surface area contributed by atoms with E-state index in [2.05, 4.69) is 31.2 Å². The molecule has 32 heavy (non-hydrogen) atoms. The molecule has 0 saturated heterocycles. The summed E-state index contributed by atoms with van der Waals surface area (Å²) in [5.41, 5.74) is 2.60. The number of anilines is 1. The number of carbonyl (C=O) groups excluding carboxylic acids is 2. The van der Waals surface area contributed by atoms with Crippen molar-refractivity contribution in [2.45, 2.75) is 27.3 Å². The number of fused-ring (bicyclic) bond motifs is 4. The molecule has 0 radical (unpaired) electrons. The largest absolute Gasteiger partial charge is 0.454 e. The van der Waals surface area contributed by atoms with Gasteiger partial charge in [-0.2, -0.15) is 5.10 Å². The molecule has 0 spiro atoms. The third kappa shape index (κ3) is 3.57. The second-order valence-corrected chi connectivity index (χ2v) is 8.95. The third-order valence-corrected chi connectivity index (χ3v) is 5.63. The van der Waals surface area contributed by atoms with Crippen LogP contribution in [-0.4, -0.2) is 40.4 Å². The van der Waals surface area contributed by atoms with Gasteiger partial charge in [-0.1, -0.05) is 39.0 Å². The maximum absolute atomic E-state index is 13.4. The van der Waals surface area contributed by atoms with Crippen molar-refractivity contribution in [2.75, 3.05) is 18.7 Å².